The number of rotatable bonds is 10. The molecule has 4 aromatic carbocycles. The molecule has 1 amide bonds. The Balaban J connectivity index is 1.55. The zero-order chi connectivity index (χ0) is 30.9. The Morgan fingerprint density at radius 2 is 0.953 bits per heavy atom. The molecule has 4 aromatic rings. The van der Waals surface area contributed by atoms with Crippen molar-refractivity contribution in [3.05, 3.63) is 125 Å². The van der Waals surface area contributed by atoms with E-state index in [0.29, 0.717) is 11.4 Å². The number of aryl methyl sites for hydroxylation is 3. The van der Waals surface area contributed by atoms with Gasteiger partial charge in [-0.15, -0.1) is 0 Å². The fourth-order valence-electron chi connectivity index (χ4n) is 3.79. The number of carbonyl (C=O) groups is 4. The summed E-state index contributed by atoms with van der Waals surface area (Å²) in [5.41, 5.74) is 4.41. The van der Waals surface area contributed by atoms with Crippen LogP contribution >= 0.6 is 0 Å². The number of aliphatic carboxylic acids is 1. The third kappa shape index (κ3) is 8.43. The number of ether oxygens (including phenoxy) is 2. The van der Waals surface area contributed by atoms with Gasteiger partial charge in [-0.2, -0.15) is 10.2 Å². The van der Waals surface area contributed by atoms with Gasteiger partial charge in [0.15, 0.2) is 0 Å². The van der Waals surface area contributed by atoms with Crippen LogP contribution in [0.1, 0.15) is 37.4 Å². The van der Waals surface area contributed by atoms with Crippen LogP contribution in [0.25, 0.3) is 0 Å². The summed E-state index contributed by atoms with van der Waals surface area (Å²) in [6, 6.07) is 26.2. The first-order chi connectivity index (χ1) is 20.6. The second-order valence-electron chi connectivity index (χ2n) is 9.79. The minimum absolute atomic E-state index is 0.0660. The molecule has 0 fully saturated rings. The molecule has 0 aromatic heterocycles. The van der Waals surface area contributed by atoms with Crippen molar-refractivity contribution in [3.63, 3.8) is 0 Å². The van der Waals surface area contributed by atoms with Gasteiger partial charge < -0.3 is 19.9 Å². The molecule has 0 aliphatic carbocycles. The highest BCUT2D eigenvalue weighted by Gasteiger charge is 2.41. The van der Waals surface area contributed by atoms with Gasteiger partial charge in [-0.1, -0.05) is 53.1 Å². The van der Waals surface area contributed by atoms with Crippen LogP contribution in [-0.4, -0.2) is 41.1 Å². The Labute approximate surface area is 248 Å². The van der Waals surface area contributed by atoms with E-state index in [4.69, 9.17) is 9.47 Å². The van der Waals surface area contributed by atoms with Crippen LogP contribution in [0.4, 0.5) is 17.1 Å². The molecule has 4 rings (SSSR count). The molecule has 0 aliphatic heterocycles. The van der Waals surface area contributed by atoms with Crippen LogP contribution in [0.3, 0.4) is 0 Å². The highest BCUT2D eigenvalue weighted by molar-refractivity contribution is 6.01. The fraction of sp³-hybridized carbons (Fsp3) is 0.152. The first kappa shape index (κ1) is 30.3. The Hall–Kier alpha value is -5.64. The van der Waals surface area contributed by atoms with Crippen molar-refractivity contribution >= 4 is 40.9 Å². The van der Waals surface area contributed by atoms with Crippen LogP contribution in [0.2, 0.25) is 0 Å². The summed E-state index contributed by atoms with van der Waals surface area (Å²) in [4.78, 5) is 51.4. The molecule has 0 heterocycles. The van der Waals surface area contributed by atoms with Gasteiger partial charge in [0.2, 0.25) is 12.2 Å². The van der Waals surface area contributed by atoms with E-state index >= 15 is 0 Å². The van der Waals surface area contributed by atoms with Crippen molar-refractivity contribution in [1.82, 2.24) is 0 Å². The Morgan fingerprint density at radius 3 is 1.37 bits per heavy atom. The van der Waals surface area contributed by atoms with Crippen molar-refractivity contribution < 1.29 is 33.8 Å². The average Bonchev–Trinajstić information content (AvgIpc) is 2.99. The van der Waals surface area contributed by atoms with Crippen LogP contribution in [-0.2, 0) is 19.1 Å². The molecule has 0 bridgehead atoms. The van der Waals surface area contributed by atoms with E-state index < -0.39 is 36.0 Å². The van der Waals surface area contributed by atoms with Crippen LogP contribution in [0.5, 0.6) is 0 Å². The Bertz CT molecular complexity index is 1630. The van der Waals surface area contributed by atoms with Gasteiger partial charge in [-0.25, -0.2) is 14.4 Å². The smallest absolute Gasteiger partial charge is 0.349 e. The van der Waals surface area contributed by atoms with Crippen molar-refractivity contribution in [2.24, 2.45) is 10.2 Å². The Kier molecular flexibility index (Phi) is 9.74. The Morgan fingerprint density at radius 1 is 0.581 bits per heavy atom. The minimum atomic E-state index is -2.15. The monoisotopic (exact) mass is 579 g/mol. The van der Waals surface area contributed by atoms with E-state index in [-0.39, 0.29) is 16.8 Å². The molecule has 10 heteroatoms. The lowest BCUT2D eigenvalue weighted by Gasteiger charge is -2.23. The minimum Gasteiger partial charge on any atom is -0.478 e. The number of hydrogen-bond acceptors (Lipinski definition) is 8. The fourth-order valence-corrected chi connectivity index (χ4v) is 3.79. The molecule has 218 valence electrons. The first-order valence-corrected chi connectivity index (χ1v) is 13.3. The van der Waals surface area contributed by atoms with Gasteiger partial charge in [0.1, 0.15) is 0 Å². The summed E-state index contributed by atoms with van der Waals surface area (Å²) >= 11 is 0. The molecule has 0 radical (unpaired) electrons. The number of benzene rings is 4. The maximum Gasteiger partial charge on any atom is 0.349 e. The number of hydrogen-bond donors (Lipinski definition) is 2. The summed E-state index contributed by atoms with van der Waals surface area (Å²) in [6.45, 7) is 5.61. The van der Waals surface area contributed by atoms with Crippen LogP contribution in [0, 0.1) is 20.8 Å². The second kappa shape index (κ2) is 13.8. The van der Waals surface area contributed by atoms with Gasteiger partial charge in [0.25, 0.3) is 5.91 Å². The number of nitrogens with zero attached hydrogens (tertiary/aromatic N) is 2. The van der Waals surface area contributed by atoms with Gasteiger partial charge in [0, 0.05) is 5.69 Å². The molecular formula is C33H29N3O7. The maximum atomic E-state index is 13.4. The molecule has 2 N–H and O–H groups in total. The van der Waals surface area contributed by atoms with Gasteiger partial charge >= 0.3 is 17.9 Å². The van der Waals surface area contributed by atoms with E-state index in [1.165, 1.54) is 36.4 Å². The first-order valence-electron chi connectivity index (χ1n) is 13.3. The molecule has 0 saturated carbocycles. The normalized spacial score (nSPS) is 12.3. The summed E-state index contributed by atoms with van der Waals surface area (Å²) in [7, 11) is 0. The van der Waals surface area contributed by atoms with E-state index in [2.05, 4.69) is 15.5 Å². The highest BCUT2D eigenvalue weighted by Crippen LogP contribution is 2.22. The van der Waals surface area contributed by atoms with Gasteiger partial charge in [0.05, 0.1) is 22.5 Å². The lowest BCUT2D eigenvalue weighted by molar-refractivity contribution is -0.157. The molecule has 0 aliphatic rings. The highest BCUT2D eigenvalue weighted by atomic mass is 16.6. The van der Waals surface area contributed by atoms with E-state index in [1.54, 1.807) is 36.4 Å². The lowest BCUT2D eigenvalue weighted by Crippen LogP contribution is -2.48. The summed E-state index contributed by atoms with van der Waals surface area (Å²) in [5, 5.41) is 20.8. The quantitative estimate of drug-likeness (QED) is 0.161. The number of carboxylic acid groups (broad SMARTS) is 1. The summed E-state index contributed by atoms with van der Waals surface area (Å²) < 4.78 is 10.6. The standard InChI is InChI=1S/C33H29N3O7/c1-20-4-10-23(11-5-20)32(40)42-28(29(31(38)39)43-33(41)24-12-6-21(2)7-13-24)30(37)34-25-16-18-27(19-17-25)36-35-26-14-8-22(3)9-15-26/h4-19,28-29H,1-3H3,(H,34,37)(H,38,39)/t28-,29+/m1/s1. The third-order valence-electron chi connectivity index (χ3n) is 6.27. The number of azo groups is 1. The molecule has 0 unspecified atom stereocenters. The summed E-state index contributed by atoms with van der Waals surface area (Å²) in [5.74, 6) is -4.66. The zero-order valence-corrected chi connectivity index (χ0v) is 23.7. The lowest BCUT2D eigenvalue weighted by atomic mass is 10.1. The predicted octanol–water partition coefficient (Wildman–Crippen LogP) is 6.50. The SMILES string of the molecule is Cc1ccc(N=Nc2ccc(NC(=O)[C@H](OC(=O)c3ccc(C)cc3)[C@H](OC(=O)c3ccc(C)cc3)C(=O)O)cc2)cc1. The summed E-state index contributed by atoms with van der Waals surface area (Å²) in [6.07, 6.45) is -4.17. The maximum absolute atomic E-state index is 13.4. The molecule has 0 spiro atoms. The largest absolute Gasteiger partial charge is 0.478 e. The second-order valence-corrected chi connectivity index (χ2v) is 9.79. The van der Waals surface area contributed by atoms with Crippen molar-refractivity contribution in [2.75, 3.05) is 5.32 Å². The number of nitrogens with one attached hydrogen (secondary N) is 1. The third-order valence-corrected chi connectivity index (χ3v) is 6.27. The van der Waals surface area contributed by atoms with Gasteiger partial charge in [-0.05, 0) is 81.4 Å². The molecule has 10 nitrogen and oxygen atoms in total. The molecule has 2 atom stereocenters. The van der Waals surface area contributed by atoms with Crippen molar-refractivity contribution in [1.29, 1.82) is 0 Å². The molecule has 43 heavy (non-hydrogen) atoms. The number of amides is 1. The van der Waals surface area contributed by atoms with Crippen LogP contribution < -0.4 is 5.32 Å². The van der Waals surface area contributed by atoms with Crippen molar-refractivity contribution in [2.45, 2.75) is 33.0 Å². The predicted molar refractivity (Wildman–Crippen MR) is 159 cm³/mol. The molecule has 0 saturated heterocycles. The number of esters is 2. The molecular weight excluding hydrogens is 550 g/mol. The average molecular weight is 580 g/mol. The number of anilines is 1. The number of carbonyl (C=O) groups excluding carboxylic acids is 3. The van der Waals surface area contributed by atoms with E-state index in [1.807, 2.05) is 45.0 Å². The van der Waals surface area contributed by atoms with Gasteiger partial charge in [-0.3, -0.25) is 4.79 Å². The van der Waals surface area contributed by atoms with Crippen molar-refractivity contribution in [3.8, 4) is 0 Å². The van der Waals surface area contributed by atoms with E-state index in [0.717, 1.165) is 16.7 Å². The topological polar surface area (TPSA) is 144 Å². The van der Waals surface area contributed by atoms with Crippen LogP contribution in [0.15, 0.2) is 107 Å². The number of carboxylic acids is 1. The van der Waals surface area contributed by atoms with E-state index in [9.17, 15) is 24.3 Å². The zero-order valence-electron chi connectivity index (χ0n) is 23.7.